The first kappa shape index (κ1) is 16.3. The first-order valence-electron chi connectivity index (χ1n) is 5.67. The summed E-state index contributed by atoms with van der Waals surface area (Å²) in [6, 6.07) is 7.84. The van der Waals surface area contributed by atoms with Crippen molar-refractivity contribution in [3.8, 4) is 0 Å². The maximum absolute atomic E-state index is 11.9. The van der Waals surface area contributed by atoms with Crippen LogP contribution in [0.25, 0.3) is 0 Å². The Labute approximate surface area is 135 Å². The third-order valence-electron chi connectivity index (χ3n) is 2.41. The van der Waals surface area contributed by atoms with E-state index in [1.54, 1.807) is 29.6 Å². The molecule has 9 heteroatoms. The lowest BCUT2D eigenvalue weighted by molar-refractivity contribution is -0.115. The molecule has 0 aliphatic heterocycles. The number of carbonyl (C=O) groups is 1. The lowest BCUT2D eigenvalue weighted by Gasteiger charge is -2.09. The van der Waals surface area contributed by atoms with Crippen molar-refractivity contribution in [2.75, 3.05) is 11.9 Å². The number of para-hydroxylation sites is 1. The summed E-state index contributed by atoms with van der Waals surface area (Å²) >= 11 is 12.9. The van der Waals surface area contributed by atoms with Gasteiger partial charge in [0.05, 0.1) is 22.3 Å². The van der Waals surface area contributed by atoms with Gasteiger partial charge in [0.1, 0.15) is 4.21 Å². The van der Waals surface area contributed by atoms with E-state index >= 15 is 0 Å². The van der Waals surface area contributed by atoms with E-state index in [9.17, 15) is 13.2 Å². The molecule has 0 radical (unpaired) electrons. The first-order valence-corrected chi connectivity index (χ1v) is 8.79. The Morgan fingerprint density at radius 3 is 2.38 bits per heavy atom. The predicted molar refractivity (Wildman–Crippen MR) is 84.6 cm³/mol. The quantitative estimate of drug-likeness (QED) is 0.856. The number of hydrogen-bond donors (Lipinski definition) is 2. The Bertz CT molecular complexity index is 726. The van der Waals surface area contributed by atoms with E-state index in [2.05, 4.69) is 10.0 Å². The van der Waals surface area contributed by atoms with Crippen molar-refractivity contribution >= 4 is 56.2 Å². The number of nitrogens with one attached hydrogen (secondary N) is 2. The van der Waals surface area contributed by atoms with E-state index in [-0.39, 0.29) is 19.9 Å². The van der Waals surface area contributed by atoms with E-state index in [4.69, 9.17) is 23.2 Å². The summed E-state index contributed by atoms with van der Waals surface area (Å²) in [6.07, 6.45) is 0. The van der Waals surface area contributed by atoms with Crippen LogP contribution in [0.2, 0.25) is 10.0 Å². The van der Waals surface area contributed by atoms with E-state index < -0.39 is 22.5 Å². The minimum absolute atomic E-state index is 0.145. The van der Waals surface area contributed by atoms with Crippen LogP contribution in [0.15, 0.2) is 39.9 Å². The number of sulfonamides is 1. The van der Waals surface area contributed by atoms with Gasteiger partial charge in [-0.05, 0) is 23.6 Å². The highest BCUT2D eigenvalue weighted by Gasteiger charge is 2.17. The van der Waals surface area contributed by atoms with Gasteiger partial charge in [-0.3, -0.25) is 4.79 Å². The topological polar surface area (TPSA) is 75.3 Å². The SMILES string of the molecule is O=C(CNS(=O)(=O)c1cccs1)Nc1c(Cl)cccc1Cl. The summed E-state index contributed by atoms with van der Waals surface area (Å²) in [7, 11) is -3.68. The Morgan fingerprint density at radius 2 is 1.81 bits per heavy atom. The maximum atomic E-state index is 11.9. The van der Waals surface area contributed by atoms with Crippen LogP contribution in [0.3, 0.4) is 0 Å². The molecule has 0 spiro atoms. The molecule has 0 aliphatic rings. The minimum Gasteiger partial charge on any atom is -0.322 e. The van der Waals surface area contributed by atoms with Crippen LogP contribution in [-0.4, -0.2) is 20.9 Å². The minimum atomic E-state index is -3.68. The van der Waals surface area contributed by atoms with Gasteiger partial charge in [-0.25, -0.2) is 13.1 Å². The monoisotopic (exact) mass is 364 g/mol. The molecule has 0 saturated carbocycles. The number of amides is 1. The molecule has 1 heterocycles. The molecule has 112 valence electrons. The van der Waals surface area contributed by atoms with Gasteiger partial charge in [-0.1, -0.05) is 35.3 Å². The van der Waals surface area contributed by atoms with Gasteiger partial charge in [0.2, 0.25) is 5.91 Å². The van der Waals surface area contributed by atoms with Crippen molar-refractivity contribution < 1.29 is 13.2 Å². The van der Waals surface area contributed by atoms with Crippen molar-refractivity contribution in [3.63, 3.8) is 0 Å². The summed E-state index contributed by atoms with van der Waals surface area (Å²) < 4.78 is 26.1. The Hall–Kier alpha value is -1.12. The molecule has 0 aliphatic carbocycles. The second-order valence-electron chi connectivity index (χ2n) is 3.90. The predicted octanol–water partition coefficient (Wildman–Crippen LogP) is 2.97. The van der Waals surface area contributed by atoms with Gasteiger partial charge in [-0.2, -0.15) is 0 Å². The zero-order chi connectivity index (χ0) is 15.5. The largest absolute Gasteiger partial charge is 0.322 e. The zero-order valence-corrected chi connectivity index (χ0v) is 13.6. The number of anilines is 1. The molecule has 1 aromatic carbocycles. The molecule has 1 amide bonds. The number of halogens is 2. The van der Waals surface area contributed by atoms with E-state index in [1.807, 2.05) is 0 Å². The van der Waals surface area contributed by atoms with Crippen LogP contribution in [0.1, 0.15) is 0 Å². The third kappa shape index (κ3) is 4.18. The second-order valence-corrected chi connectivity index (χ2v) is 7.66. The molecule has 0 atom stereocenters. The molecule has 2 N–H and O–H groups in total. The molecular formula is C12H10Cl2N2O3S2. The summed E-state index contributed by atoms with van der Waals surface area (Å²) in [5.41, 5.74) is 0.251. The van der Waals surface area contributed by atoms with Gasteiger partial charge < -0.3 is 5.32 Å². The van der Waals surface area contributed by atoms with Crippen molar-refractivity contribution in [1.82, 2.24) is 4.72 Å². The number of rotatable bonds is 5. The highest BCUT2D eigenvalue weighted by atomic mass is 35.5. The molecule has 0 fully saturated rings. The second kappa shape index (κ2) is 6.76. The van der Waals surface area contributed by atoms with Crippen molar-refractivity contribution in [1.29, 1.82) is 0 Å². The summed E-state index contributed by atoms with van der Waals surface area (Å²) in [5, 5.41) is 4.66. The number of hydrogen-bond acceptors (Lipinski definition) is 4. The molecular weight excluding hydrogens is 355 g/mol. The molecule has 2 rings (SSSR count). The normalized spacial score (nSPS) is 11.3. The molecule has 0 bridgehead atoms. The van der Waals surface area contributed by atoms with Gasteiger partial charge in [0.25, 0.3) is 10.0 Å². The molecule has 1 aromatic heterocycles. The maximum Gasteiger partial charge on any atom is 0.250 e. The Kier molecular flexibility index (Phi) is 5.23. The fourth-order valence-corrected chi connectivity index (χ4v) is 3.96. The Morgan fingerprint density at radius 1 is 1.14 bits per heavy atom. The van der Waals surface area contributed by atoms with Gasteiger partial charge in [0, 0.05) is 0 Å². The summed E-state index contributed by atoms with van der Waals surface area (Å²) in [6.45, 7) is -0.415. The number of carbonyl (C=O) groups excluding carboxylic acids is 1. The van der Waals surface area contributed by atoms with Crippen molar-refractivity contribution in [2.45, 2.75) is 4.21 Å². The fraction of sp³-hybridized carbons (Fsp3) is 0.0833. The summed E-state index contributed by atoms with van der Waals surface area (Å²) in [5.74, 6) is -0.565. The average molecular weight is 365 g/mol. The molecule has 0 saturated heterocycles. The zero-order valence-electron chi connectivity index (χ0n) is 10.5. The van der Waals surface area contributed by atoms with Crippen molar-refractivity contribution in [3.05, 3.63) is 45.8 Å². The van der Waals surface area contributed by atoms with Crippen LogP contribution in [0.5, 0.6) is 0 Å². The van der Waals surface area contributed by atoms with Crippen LogP contribution < -0.4 is 10.0 Å². The summed E-state index contributed by atoms with van der Waals surface area (Å²) in [4.78, 5) is 11.8. The van der Waals surface area contributed by atoms with Gasteiger partial charge in [0.15, 0.2) is 0 Å². The fourth-order valence-electron chi connectivity index (χ4n) is 1.45. The lowest BCUT2D eigenvalue weighted by atomic mass is 10.3. The van der Waals surface area contributed by atoms with E-state index in [0.29, 0.717) is 0 Å². The molecule has 21 heavy (non-hydrogen) atoms. The van der Waals surface area contributed by atoms with Crippen LogP contribution in [-0.2, 0) is 14.8 Å². The third-order valence-corrected chi connectivity index (χ3v) is 5.84. The Balaban J connectivity index is 2.00. The van der Waals surface area contributed by atoms with Gasteiger partial charge >= 0.3 is 0 Å². The molecule has 2 aromatic rings. The number of benzene rings is 1. The van der Waals surface area contributed by atoms with Crippen molar-refractivity contribution in [2.24, 2.45) is 0 Å². The molecule has 5 nitrogen and oxygen atoms in total. The van der Waals surface area contributed by atoms with E-state index in [0.717, 1.165) is 11.3 Å². The highest BCUT2D eigenvalue weighted by Crippen LogP contribution is 2.29. The number of thiophene rings is 1. The van der Waals surface area contributed by atoms with Crippen LogP contribution in [0, 0.1) is 0 Å². The smallest absolute Gasteiger partial charge is 0.250 e. The standard InChI is InChI=1S/C12H10Cl2N2O3S2/c13-8-3-1-4-9(14)12(8)16-10(17)7-15-21(18,19)11-5-2-6-20-11/h1-6,15H,7H2,(H,16,17). The van der Waals surface area contributed by atoms with Gasteiger partial charge in [-0.15, -0.1) is 11.3 Å². The average Bonchev–Trinajstić information content (AvgIpc) is 2.96. The highest BCUT2D eigenvalue weighted by molar-refractivity contribution is 7.91. The first-order chi connectivity index (χ1) is 9.90. The van der Waals surface area contributed by atoms with E-state index in [1.165, 1.54) is 6.07 Å². The van der Waals surface area contributed by atoms with Crippen LogP contribution in [0.4, 0.5) is 5.69 Å². The lowest BCUT2D eigenvalue weighted by Crippen LogP contribution is -2.32. The van der Waals surface area contributed by atoms with Crippen LogP contribution >= 0.6 is 34.5 Å². The molecule has 0 unspecified atom stereocenters.